The molecule has 0 aromatic heterocycles. The van der Waals surface area contributed by atoms with Crippen LogP contribution in [0.15, 0.2) is 0 Å². The number of halogens is 1. The monoisotopic (exact) mass is 186 g/mol. The van der Waals surface area contributed by atoms with E-state index in [0.717, 1.165) is 0 Å². The van der Waals surface area contributed by atoms with Gasteiger partial charge in [-0.2, -0.15) is 0 Å². The minimum atomic E-state index is -1.92. The van der Waals surface area contributed by atoms with E-state index in [9.17, 15) is 9.00 Å². The molecule has 0 bridgehead atoms. The molecule has 0 aromatic carbocycles. The standard InChI is InChI=1S/C4H7ClO4S/c1-2-8-4(6)3-9-10(5)7/h2-3H2,1H3. The summed E-state index contributed by atoms with van der Waals surface area (Å²) >= 11 is 0. The van der Waals surface area contributed by atoms with E-state index in [1.54, 1.807) is 6.92 Å². The molecule has 0 amide bonds. The Kier molecular flexibility index (Phi) is 5.57. The normalized spacial score (nSPS) is 12.6. The highest BCUT2D eigenvalue weighted by atomic mass is 35.7. The minimum absolute atomic E-state index is 0.275. The van der Waals surface area contributed by atoms with Crippen molar-refractivity contribution in [2.45, 2.75) is 6.92 Å². The van der Waals surface area contributed by atoms with Gasteiger partial charge in [-0.3, -0.25) is 4.18 Å². The van der Waals surface area contributed by atoms with Gasteiger partial charge in [-0.1, -0.05) is 0 Å². The fourth-order valence-electron chi connectivity index (χ4n) is 0.297. The summed E-state index contributed by atoms with van der Waals surface area (Å²) in [7, 11) is 2.95. The molecule has 0 saturated heterocycles. The van der Waals surface area contributed by atoms with Crippen molar-refractivity contribution < 1.29 is 17.9 Å². The van der Waals surface area contributed by atoms with Crippen molar-refractivity contribution in [3.63, 3.8) is 0 Å². The number of carbonyl (C=O) groups excluding carboxylic acids is 1. The third-order valence-electron chi connectivity index (χ3n) is 0.575. The van der Waals surface area contributed by atoms with Gasteiger partial charge in [0, 0.05) is 10.7 Å². The van der Waals surface area contributed by atoms with E-state index in [1.807, 2.05) is 0 Å². The van der Waals surface area contributed by atoms with Crippen LogP contribution < -0.4 is 0 Å². The maximum Gasteiger partial charge on any atom is 0.333 e. The third kappa shape index (κ3) is 6.00. The van der Waals surface area contributed by atoms with Gasteiger partial charge in [0.25, 0.3) is 10.3 Å². The summed E-state index contributed by atoms with van der Waals surface area (Å²) in [5.41, 5.74) is 0. The second-order valence-corrected chi connectivity index (χ2v) is 2.64. The number of hydrogen-bond acceptors (Lipinski definition) is 4. The lowest BCUT2D eigenvalue weighted by atomic mass is 10.7. The Morgan fingerprint density at radius 1 is 1.70 bits per heavy atom. The van der Waals surface area contributed by atoms with Crippen LogP contribution in [0, 0.1) is 0 Å². The molecule has 0 aliphatic heterocycles. The van der Waals surface area contributed by atoms with Crippen molar-refractivity contribution in [1.82, 2.24) is 0 Å². The summed E-state index contributed by atoms with van der Waals surface area (Å²) in [6.45, 7) is 1.57. The topological polar surface area (TPSA) is 52.6 Å². The summed E-state index contributed by atoms with van der Waals surface area (Å²) in [5, 5.41) is 0. The van der Waals surface area contributed by atoms with Crippen LogP contribution >= 0.6 is 10.7 Å². The first-order chi connectivity index (χ1) is 4.66. The fourth-order valence-corrected chi connectivity index (χ4v) is 0.620. The maximum absolute atomic E-state index is 10.4. The molecule has 1 atom stereocenters. The maximum atomic E-state index is 10.4. The largest absolute Gasteiger partial charge is 0.464 e. The van der Waals surface area contributed by atoms with Gasteiger partial charge in [0.05, 0.1) is 6.61 Å². The van der Waals surface area contributed by atoms with E-state index in [1.165, 1.54) is 0 Å². The minimum Gasteiger partial charge on any atom is -0.464 e. The molecule has 0 rings (SSSR count). The molecule has 4 nitrogen and oxygen atoms in total. The van der Waals surface area contributed by atoms with E-state index in [0.29, 0.717) is 0 Å². The van der Waals surface area contributed by atoms with Crippen molar-refractivity contribution in [2.75, 3.05) is 13.2 Å². The van der Waals surface area contributed by atoms with E-state index < -0.39 is 16.3 Å². The van der Waals surface area contributed by atoms with Crippen LogP contribution in [-0.2, 0) is 24.0 Å². The van der Waals surface area contributed by atoms with Crippen molar-refractivity contribution >= 4 is 26.9 Å². The van der Waals surface area contributed by atoms with Gasteiger partial charge in [0.2, 0.25) is 0 Å². The highest BCUT2D eigenvalue weighted by molar-refractivity contribution is 8.04. The number of ether oxygens (including phenoxy) is 1. The molecule has 1 unspecified atom stereocenters. The number of rotatable bonds is 4. The van der Waals surface area contributed by atoms with Crippen LogP contribution in [0.3, 0.4) is 0 Å². The molecule has 0 heterocycles. The molecule has 0 N–H and O–H groups in total. The molecular formula is C4H7ClO4S. The first-order valence-corrected chi connectivity index (χ1v) is 4.43. The molecular weight excluding hydrogens is 180 g/mol. The lowest BCUT2D eigenvalue weighted by Gasteiger charge is -1.97. The molecule has 0 aliphatic rings. The van der Waals surface area contributed by atoms with Crippen LogP contribution in [0.5, 0.6) is 0 Å². The van der Waals surface area contributed by atoms with Gasteiger partial charge >= 0.3 is 5.97 Å². The lowest BCUT2D eigenvalue weighted by Crippen LogP contribution is -2.11. The summed E-state index contributed by atoms with van der Waals surface area (Å²) in [6, 6.07) is 0. The molecule has 0 aliphatic carbocycles. The first kappa shape index (κ1) is 9.87. The molecule has 0 aromatic rings. The molecule has 0 spiro atoms. The van der Waals surface area contributed by atoms with E-state index >= 15 is 0 Å². The molecule has 0 radical (unpaired) electrons. The average Bonchev–Trinajstić information content (AvgIpc) is 1.85. The van der Waals surface area contributed by atoms with E-state index in [2.05, 4.69) is 8.92 Å². The van der Waals surface area contributed by atoms with E-state index in [-0.39, 0.29) is 13.2 Å². The SMILES string of the molecule is CCOC(=O)COS(=O)Cl. The van der Waals surface area contributed by atoms with Crippen LogP contribution in [0.25, 0.3) is 0 Å². The predicted octanol–water partition coefficient (Wildman–Crippen LogP) is 0.384. The van der Waals surface area contributed by atoms with Gasteiger partial charge < -0.3 is 4.74 Å². The summed E-state index contributed by atoms with van der Waals surface area (Å²) in [5.74, 6) is -0.573. The van der Waals surface area contributed by atoms with Crippen molar-refractivity contribution in [2.24, 2.45) is 0 Å². The van der Waals surface area contributed by atoms with Gasteiger partial charge in [-0.05, 0) is 6.92 Å². The quantitative estimate of drug-likeness (QED) is 0.471. The summed E-state index contributed by atoms with van der Waals surface area (Å²) in [6.07, 6.45) is 0. The average molecular weight is 187 g/mol. The van der Waals surface area contributed by atoms with Crippen molar-refractivity contribution in [1.29, 1.82) is 0 Å². The zero-order valence-electron chi connectivity index (χ0n) is 5.33. The molecule has 10 heavy (non-hydrogen) atoms. The summed E-state index contributed by atoms with van der Waals surface area (Å²) < 4.78 is 18.7. The van der Waals surface area contributed by atoms with Crippen LogP contribution in [-0.4, -0.2) is 23.4 Å². The Morgan fingerprint density at radius 2 is 2.30 bits per heavy atom. The summed E-state index contributed by atoms with van der Waals surface area (Å²) in [4.78, 5) is 10.4. The second-order valence-electron chi connectivity index (χ2n) is 1.26. The third-order valence-corrected chi connectivity index (χ3v) is 1.15. The Hall–Kier alpha value is -0.130. The lowest BCUT2D eigenvalue weighted by molar-refractivity contribution is -0.145. The Morgan fingerprint density at radius 3 is 2.70 bits per heavy atom. The second kappa shape index (κ2) is 5.64. The highest BCUT2D eigenvalue weighted by Gasteiger charge is 2.02. The zero-order valence-corrected chi connectivity index (χ0v) is 6.91. The van der Waals surface area contributed by atoms with Crippen LogP contribution in [0.1, 0.15) is 6.92 Å². The van der Waals surface area contributed by atoms with Gasteiger partial charge in [0.1, 0.15) is 0 Å². The van der Waals surface area contributed by atoms with Crippen molar-refractivity contribution in [3.8, 4) is 0 Å². The number of esters is 1. The van der Waals surface area contributed by atoms with E-state index in [4.69, 9.17) is 10.7 Å². The Bertz CT molecular complexity index is 137. The predicted molar refractivity (Wildman–Crippen MR) is 36.6 cm³/mol. The fraction of sp³-hybridized carbons (Fsp3) is 0.750. The number of carbonyl (C=O) groups is 1. The smallest absolute Gasteiger partial charge is 0.333 e. The van der Waals surface area contributed by atoms with Gasteiger partial charge in [-0.25, -0.2) is 9.00 Å². The van der Waals surface area contributed by atoms with Crippen LogP contribution in [0.2, 0.25) is 0 Å². The molecule has 6 heteroatoms. The molecule has 60 valence electrons. The first-order valence-electron chi connectivity index (χ1n) is 2.53. The zero-order chi connectivity index (χ0) is 7.98. The van der Waals surface area contributed by atoms with Crippen molar-refractivity contribution in [3.05, 3.63) is 0 Å². The number of hydrogen-bond donors (Lipinski definition) is 0. The van der Waals surface area contributed by atoms with Crippen LogP contribution in [0.4, 0.5) is 0 Å². The highest BCUT2D eigenvalue weighted by Crippen LogP contribution is 1.91. The van der Waals surface area contributed by atoms with Gasteiger partial charge in [-0.15, -0.1) is 0 Å². The Labute approximate surface area is 65.6 Å². The molecule has 0 fully saturated rings. The molecule has 0 saturated carbocycles. The Balaban J connectivity index is 3.30. The van der Waals surface area contributed by atoms with Gasteiger partial charge in [0.15, 0.2) is 6.61 Å².